The number of rotatable bonds is 7. The molecule has 41 heavy (non-hydrogen) atoms. The number of aliphatic hydroxyl groups is 1. The van der Waals surface area contributed by atoms with Gasteiger partial charge in [-0.2, -0.15) is 18.2 Å². The third-order valence-corrected chi connectivity index (χ3v) is 8.59. The summed E-state index contributed by atoms with van der Waals surface area (Å²) in [6.45, 7) is -0.784. The fraction of sp³-hybridized carbons (Fsp3) is 0.571. The van der Waals surface area contributed by atoms with Crippen molar-refractivity contribution in [3.8, 4) is 0 Å². The number of alkyl halides is 3. The smallest absolute Gasteiger partial charge is 0.373 e. The lowest BCUT2D eigenvalue weighted by Crippen LogP contribution is -2.44. The zero-order valence-corrected chi connectivity index (χ0v) is 23.2. The predicted octanol–water partition coefficient (Wildman–Crippen LogP) is 4.37. The number of halogens is 3. The van der Waals surface area contributed by atoms with Crippen molar-refractivity contribution >= 4 is 34.4 Å². The Hall–Kier alpha value is -3.29. The summed E-state index contributed by atoms with van der Waals surface area (Å²) in [7, 11) is 3.66. The summed E-state index contributed by atoms with van der Waals surface area (Å²) >= 11 is 0. The number of aromatic nitrogens is 4. The first kappa shape index (κ1) is 27.9. The molecule has 2 aliphatic heterocycles. The zero-order valence-electron chi connectivity index (χ0n) is 23.2. The normalized spacial score (nSPS) is 23.1. The molecule has 0 radical (unpaired) electrons. The van der Waals surface area contributed by atoms with Crippen molar-refractivity contribution in [2.24, 2.45) is 0 Å². The van der Waals surface area contributed by atoms with Crippen molar-refractivity contribution in [1.29, 1.82) is 0 Å². The van der Waals surface area contributed by atoms with Crippen molar-refractivity contribution in [1.82, 2.24) is 29.3 Å². The molecule has 1 unspecified atom stereocenters. The second kappa shape index (κ2) is 10.8. The minimum atomic E-state index is -4.30. The number of aliphatic hydroxyl groups excluding tert-OH is 1. The molecule has 220 valence electrons. The van der Waals surface area contributed by atoms with Crippen molar-refractivity contribution in [3.05, 3.63) is 36.3 Å². The van der Waals surface area contributed by atoms with Gasteiger partial charge < -0.3 is 19.9 Å². The van der Waals surface area contributed by atoms with Crippen LogP contribution in [-0.2, 0) is 4.79 Å². The number of fused-ring (bicyclic) bond motifs is 3. The third kappa shape index (κ3) is 5.62. The molecule has 2 saturated heterocycles. The highest BCUT2D eigenvalue weighted by atomic mass is 19.4. The number of nitrogens with zero attached hydrogens (tertiary/aromatic N) is 7. The predicted molar refractivity (Wildman–Crippen MR) is 148 cm³/mol. The van der Waals surface area contributed by atoms with E-state index in [1.54, 1.807) is 34.3 Å². The maximum atomic E-state index is 13.2. The van der Waals surface area contributed by atoms with Gasteiger partial charge in [0.1, 0.15) is 17.7 Å². The van der Waals surface area contributed by atoms with Crippen molar-refractivity contribution in [2.75, 3.05) is 37.4 Å². The van der Waals surface area contributed by atoms with Gasteiger partial charge in [-0.15, -0.1) is 0 Å². The van der Waals surface area contributed by atoms with E-state index >= 15 is 0 Å². The average molecular weight is 573 g/mol. The van der Waals surface area contributed by atoms with Crippen LogP contribution in [0.2, 0.25) is 0 Å². The van der Waals surface area contributed by atoms with E-state index in [4.69, 9.17) is 4.98 Å². The van der Waals surface area contributed by atoms with Crippen LogP contribution in [0.3, 0.4) is 0 Å². The summed E-state index contributed by atoms with van der Waals surface area (Å²) in [5.41, 5.74) is 2.08. The van der Waals surface area contributed by atoms with Crippen LogP contribution in [0.4, 0.5) is 30.6 Å². The molecule has 3 atom stereocenters. The Bertz CT molecular complexity index is 1400. The van der Waals surface area contributed by atoms with E-state index in [1.807, 2.05) is 20.2 Å². The monoisotopic (exact) mass is 572 g/mol. The number of carbonyl (C=O) groups is 1. The van der Waals surface area contributed by atoms with Crippen LogP contribution in [0, 0.1) is 0 Å². The second-order valence-electron chi connectivity index (χ2n) is 11.6. The van der Waals surface area contributed by atoms with Crippen molar-refractivity contribution < 1.29 is 23.1 Å². The molecular weight excluding hydrogens is 537 g/mol. The molecule has 2 bridgehead atoms. The molecule has 6 rings (SSSR count). The summed E-state index contributed by atoms with van der Waals surface area (Å²) in [5.74, 6) is 0.638. The van der Waals surface area contributed by atoms with E-state index in [9.17, 15) is 23.1 Å². The minimum Gasteiger partial charge on any atom is -0.373 e. The molecule has 3 aromatic heterocycles. The second-order valence-corrected chi connectivity index (χ2v) is 11.6. The Kier molecular flexibility index (Phi) is 7.37. The molecule has 0 aromatic carbocycles. The van der Waals surface area contributed by atoms with Crippen molar-refractivity contribution in [2.45, 2.75) is 75.5 Å². The quantitative estimate of drug-likeness (QED) is 0.403. The van der Waals surface area contributed by atoms with E-state index < -0.39 is 18.9 Å². The van der Waals surface area contributed by atoms with Crippen LogP contribution in [-0.4, -0.2) is 85.8 Å². The summed E-state index contributed by atoms with van der Waals surface area (Å²) in [6, 6.07) is 4.93. The molecule has 1 saturated carbocycles. The molecule has 3 aliphatic rings. The topological polar surface area (TPSA) is 103 Å². The Balaban J connectivity index is 1.21. The minimum absolute atomic E-state index is 0.0611. The van der Waals surface area contributed by atoms with Gasteiger partial charge in [0, 0.05) is 42.7 Å². The van der Waals surface area contributed by atoms with E-state index in [1.165, 1.54) is 4.90 Å². The van der Waals surface area contributed by atoms with Crippen LogP contribution >= 0.6 is 0 Å². The van der Waals surface area contributed by atoms with Gasteiger partial charge in [-0.05, 0) is 58.0 Å². The van der Waals surface area contributed by atoms with Gasteiger partial charge in [-0.3, -0.25) is 14.6 Å². The van der Waals surface area contributed by atoms with Gasteiger partial charge in [0.2, 0.25) is 11.9 Å². The molecule has 2 N–H and O–H groups in total. The Morgan fingerprint density at radius 1 is 1.07 bits per heavy atom. The fourth-order valence-electron chi connectivity index (χ4n) is 6.60. The van der Waals surface area contributed by atoms with Gasteiger partial charge in [0.25, 0.3) is 0 Å². The summed E-state index contributed by atoms with van der Waals surface area (Å²) < 4.78 is 41.6. The van der Waals surface area contributed by atoms with Gasteiger partial charge in [0.15, 0.2) is 0 Å². The average Bonchev–Trinajstić information content (AvgIpc) is 3.63. The molecule has 10 nitrogen and oxygen atoms in total. The van der Waals surface area contributed by atoms with Crippen LogP contribution < -0.4 is 10.2 Å². The maximum Gasteiger partial charge on any atom is 0.401 e. The van der Waals surface area contributed by atoms with Crippen LogP contribution in [0.15, 0.2) is 30.6 Å². The lowest BCUT2D eigenvalue weighted by molar-refractivity contribution is -0.151. The van der Waals surface area contributed by atoms with E-state index in [0.717, 1.165) is 42.4 Å². The van der Waals surface area contributed by atoms with E-state index in [0.29, 0.717) is 30.3 Å². The molecule has 1 aliphatic carbocycles. The van der Waals surface area contributed by atoms with Crippen LogP contribution in [0.1, 0.15) is 62.9 Å². The Morgan fingerprint density at radius 3 is 2.51 bits per heavy atom. The van der Waals surface area contributed by atoms with Gasteiger partial charge in [-0.1, -0.05) is 12.8 Å². The number of carbonyl (C=O) groups excluding carboxylic acids is 1. The summed E-state index contributed by atoms with van der Waals surface area (Å²) in [4.78, 5) is 31.4. The highest BCUT2D eigenvalue weighted by molar-refractivity contribution is 5.94. The zero-order chi connectivity index (χ0) is 28.9. The molecule has 5 heterocycles. The number of hydrogen-bond donors (Lipinski definition) is 2. The van der Waals surface area contributed by atoms with Gasteiger partial charge >= 0.3 is 6.18 Å². The highest BCUT2D eigenvalue weighted by Crippen LogP contribution is 2.37. The molecule has 1 amide bonds. The number of pyridine rings is 1. The van der Waals surface area contributed by atoms with E-state index in [2.05, 4.69) is 19.9 Å². The summed E-state index contributed by atoms with van der Waals surface area (Å²) in [6.07, 6.45) is 3.83. The number of anilines is 3. The number of hydrogen-bond acceptors (Lipinski definition) is 8. The molecular formula is C28H35F3N8O2. The molecule has 3 aromatic rings. The first-order valence-electron chi connectivity index (χ1n) is 14.2. The van der Waals surface area contributed by atoms with Gasteiger partial charge in [0.05, 0.1) is 24.1 Å². The first-order chi connectivity index (χ1) is 19.6. The Labute approximate surface area is 236 Å². The number of amides is 1. The third-order valence-electron chi connectivity index (χ3n) is 8.59. The standard InChI is InChI=1S/C28H35F3N8O2/c1-36(2)26(41)22-11-17-13-33-27(35-25(17)39(22)18-5-3-4-6-18)34-23-10-9-20(14-32-23)37-15-21-8-7-19(12-24(37)40)38(21)16-28(29,30)31/h9-11,13-14,18-19,21,26,41H,3-8,12,15-16H2,1-2H3,(H,32,33,34,35)/t19-,21+,26?/m0/s1. The molecule has 0 spiro atoms. The van der Waals surface area contributed by atoms with Crippen LogP contribution in [0.25, 0.3) is 11.0 Å². The van der Waals surface area contributed by atoms with E-state index in [-0.39, 0.29) is 37.0 Å². The van der Waals surface area contributed by atoms with Crippen molar-refractivity contribution in [3.63, 3.8) is 0 Å². The first-order valence-corrected chi connectivity index (χ1v) is 14.2. The van der Waals surface area contributed by atoms with Gasteiger partial charge in [-0.25, -0.2) is 9.97 Å². The fourth-order valence-corrected chi connectivity index (χ4v) is 6.60. The molecule has 13 heteroatoms. The highest BCUT2D eigenvalue weighted by Gasteiger charge is 2.45. The largest absolute Gasteiger partial charge is 0.401 e. The summed E-state index contributed by atoms with van der Waals surface area (Å²) in [5, 5.41) is 14.8. The maximum absolute atomic E-state index is 13.2. The number of nitrogens with one attached hydrogen (secondary N) is 1. The molecule has 3 fully saturated rings. The lowest BCUT2D eigenvalue weighted by atomic mass is 10.1. The lowest BCUT2D eigenvalue weighted by Gasteiger charge is -2.29. The Morgan fingerprint density at radius 2 is 1.83 bits per heavy atom. The SMILES string of the molecule is CN(C)C(O)c1cc2cnc(Nc3ccc(N4C[C@H]5CC[C@@H](CC4=O)N5CC(F)(F)F)cn3)nc2n1C1CCCC1. The van der Waals surface area contributed by atoms with Crippen LogP contribution in [0.5, 0.6) is 0 Å².